The van der Waals surface area contributed by atoms with Crippen LogP contribution in [-0.4, -0.2) is 27.3 Å². The van der Waals surface area contributed by atoms with Gasteiger partial charge in [-0.2, -0.15) is 0 Å². The van der Waals surface area contributed by atoms with Crippen LogP contribution in [0, 0.1) is 5.92 Å². The minimum atomic E-state index is 0.463. The van der Waals surface area contributed by atoms with E-state index in [0.717, 1.165) is 17.4 Å². The zero-order chi connectivity index (χ0) is 11.5. The summed E-state index contributed by atoms with van der Waals surface area (Å²) in [6, 6.07) is 6.22. The second-order valence-corrected chi connectivity index (χ2v) is 4.90. The highest BCUT2D eigenvalue weighted by Gasteiger charge is 2.71. The van der Waals surface area contributed by atoms with E-state index >= 15 is 0 Å². The summed E-state index contributed by atoms with van der Waals surface area (Å²) >= 11 is 0. The zero-order valence-corrected chi connectivity index (χ0v) is 9.50. The van der Waals surface area contributed by atoms with Crippen LogP contribution in [0.4, 0.5) is 0 Å². The van der Waals surface area contributed by atoms with E-state index in [1.54, 1.807) is 18.1 Å². The number of hydrogen-bond acceptors (Lipinski definition) is 4. The summed E-state index contributed by atoms with van der Waals surface area (Å²) < 4.78 is 7.14. The minimum Gasteiger partial charge on any atom is -0.496 e. The Morgan fingerprint density at radius 3 is 2.82 bits per heavy atom. The number of ether oxygens (including phenoxy) is 1. The fourth-order valence-electron chi connectivity index (χ4n) is 2.65. The van der Waals surface area contributed by atoms with Crippen LogP contribution in [0.3, 0.4) is 0 Å². The first-order chi connectivity index (χ1) is 8.33. The quantitative estimate of drug-likeness (QED) is 0.795. The summed E-state index contributed by atoms with van der Waals surface area (Å²) in [5.74, 6) is 1.87. The number of fused-ring (bicyclic) bond motifs is 1. The largest absolute Gasteiger partial charge is 0.496 e. The maximum absolute atomic E-state index is 5.50. The first-order valence-electron chi connectivity index (χ1n) is 5.75. The molecule has 0 radical (unpaired) electrons. The van der Waals surface area contributed by atoms with E-state index in [2.05, 4.69) is 27.7 Å². The molecule has 0 amide bonds. The van der Waals surface area contributed by atoms with Gasteiger partial charge in [0.2, 0.25) is 0 Å². The van der Waals surface area contributed by atoms with Crippen molar-refractivity contribution in [3.05, 3.63) is 30.1 Å². The topological polar surface area (TPSA) is 52.8 Å². The van der Waals surface area contributed by atoms with Gasteiger partial charge in [-0.05, 0) is 35.3 Å². The number of rotatable bonds is 3. The van der Waals surface area contributed by atoms with Gasteiger partial charge < -0.3 is 4.74 Å². The highest BCUT2D eigenvalue weighted by Crippen LogP contribution is 2.76. The summed E-state index contributed by atoms with van der Waals surface area (Å²) in [7, 11) is 1.72. The molecule has 0 saturated heterocycles. The lowest BCUT2D eigenvalue weighted by molar-refractivity contribution is 0.407. The Hall–Kier alpha value is -1.91. The predicted molar refractivity (Wildman–Crippen MR) is 60.1 cm³/mol. The van der Waals surface area contributed by atoms with E-state index in [1.165, 1.54) is 18.4 Å². The molecule has 1 aromatic carbocycles. The number of hydrogen-bond donors (Lipinski definition) is 0. The molecule has 1 heterocycles. The van der Waals surface area contributed by atoms with Crippen molar-refractivity contribution in [2.75, 3.05) is 7.11 Å². The third-order valence-electron chi connectivity index (χ3n) is 4.02. The lowest BCUT2D eigenvalue weighted by atomic mass is 10.0. The molecule has 5 heteroatoms. The molecule has 2 aliphatic carbocycles. The first-order valence-corrected chi connectivity index (χ1v) is 5.75. The van der Waals surface area contributed by atoms with Crippen LogP contribution >= 0.6 is 0 Å². The van der Waals surface area contributed by atoms with Gasteiger partial charge in [0.15, 0.2) is 0 Å². The molecule has 2 fully saturated rings. The van der Waals surface area contributed by atoms with Gasteiger partial charge in [-0.1, -0.05) is 6.07 Å². The Bertz CT molecular complexity index is 572. The Morgan fingerprint density at radius 2 is 2.24 bits per heavy atom. The van der Waals surface area contributed by atoms with Gasteiger partial charge in [0, 0.05) is 17.0 Å². The fourth-order valence-corrected chi connectivity index (χ4v) is 2.65. The molecule has 0 unspecified atom stereocenters. The summed E-state index contributed by atoms with van der Waals surface area (Å²) in [6.45, 7) is 0. The first kappa shape index (κ1) is 9.15. The van der Waals surface area contributed by atoms with Crippen LogP contribution < -0.4 is 4.74 Å². The van der Waals surface area contributed by atoms with E-state index in [9.17, 15) is 0 Å². The molecule has 86 valence electrons. The smallest absolute Gasteiger partial charge is 0.143 e. The molecule has 2 aliphatic rings. The third kappa shape index (κ3) is 1.16. The van der Waals surface area contributed by atoms with Crippen LogP contribution in [0.5, 0.6) is 5.75 Å². The number of tetrazole rings is 1. The van der Waals surface area contributed by atoms with Crippen molar-refractivity contribution in [2.45, 2.75) is 18.3 Å². The van der Waals surface area contributed by atoms with Crippen LogP contribution in [0.1, 0.15) is 18.4 Å². The van der Waals surface area contributed by atoms with Crippen LogP contribution in [0.2, 0.25) is 0 Å². The molecule has 4 rings (SSSR count). The summed E-state index contributed by atoms with van der Waals surface area (Å²) in [5.41, 5.74) is 2.75. The molecule has 5 nitrogen and oxygen atoms in total. The minimum absolute atomic E-state index is 0.463. The third-order valence-corrected chi connectivity index (χ3v) is 4.02. The van der Waals surface area contributed by atoms with Gasteiger partial charge in [0.1, 0.15) is 12.1 Å². The molecule has 0 atom stereocenters. The van der Waals surface area contributed by atoms with Gasteiger partial charge in [0.05, 0.1) is 12.8 Å². The van der Waals surface area contributed by atoms with Crippen molar-refractivity contribution >= 4 is 0 Å². The van der Waals surface area contributed by atoms with Gasteiger partial charge in [-0.3, -0.25) is 0 Å². The van der Waals surface area contributed by atoms with Crippen molar-refractivity contribution in [3.63, 3.8) is 0 Å². The average Bonchev–Trinajstić information content (AvgIpc) is 3.13. The molecule has 0 bridgehead atoms. The molecule has 0 N–H and O–H groups in total. The van der Waals surface area contributed by atoms with Gasteiger partial charge >= 0.3 is 0 Å². The van der Waals surface area contributed by atoms with Crippen molar-refractivity contribution in [1.82, 2.24) is 20.2 Å². The van der Waals surface area contributed by atoms with Gasteiger partial charge in [-0.15, -0.1) is 5.10 Å². The second-order valence-electron chi connectivity index (χ2n) is 4.90. The molecule has 0 aliphatic heterocycles. The Balaban J connectivity index is 1.80. The summed E-state index contributed by atoms with van der Waals surface area (Å²) in [5, 5.41) is 11.2. The van der Waals surface area contributed by atoms with E-state index in [1.807, 2.05) is 6.07 Å². The lowest BCUT2D eigenvalue weighted by Crippen LogP contribution is -2.01. The van der Waals surface area contributed by atoms with Crippen molar-refractivity contribution in [1.29, 1.82) is 0 Å². The lowest BCUT2D eigenvalue weighted by Gasteiger charge is -2.12. The molecule has 17 heavy (non-hydrogen) atoms. The second kappa shape index (κ2) is 2.85. The van der Waals surface area contributed by atoms with Crippen molar-refractivity contribution < 1.29 is 4.74 Å². The fraction of sp³-hybridized carbons (Fsp3) is 0.417. The highest BCUT2D eigenvalue weighted by atomic mass is 16.5. The number of nitrogens with zero attached hydrogens (tertiary/aromatic N) is 4. The van der Waals surface area contributed by atoms with Crippen molar-refractivity contribution in [3.8, 4) is 11.4 Å². The maximum atomic E-state index is 5.50. The normalized spacial score (nSPS) is 28.6. The average molecular weight is 228 g/mol. The Labute approximate surface area is 98.4 Å². The van der Waals surface area contributed by atoms with Crippen LogP contribution in [0.15, 0.2) is 24.5 Å². The van der Waals surface area contributed by atoms with E-state index in [0.29, 0.717) is 5.41 Å². The SMILES string of the molecule is COc1cc(-n2cnnn2)ccc1C12CC1C2. The Kier molecular flexibility index (Phi) is 1.54. The zero-order valence-electron chi connectivity index (χ0n) is 9.50. The summed E-state index contributed by atoms with van der Waals surface area (Å²) in [6.07, 6.45) is 4.24. The summed E-state index contributed by atoms with van der Waals surface area (Å²) in [4.78, 5) is 0. The monoisotopic (exact) mass is 228 g/mol. The molecule has 2 saturated carbocycles. The van der Waals surface area contributed by atoms with E-state index in [-0.39, 0.29) is 0 Å². The number of aromatic nitrogens is 4. The van der Waals surface area contributed by atoms with E-state index in [4.69, 9.17) is 4.74 Å². The Morgan fingerprint density at radius 1 is 1.41 bits per heavy atom. The van der Waals surface area contributed by atoms with Crippen LogP contribution in [0.25, 0.3) is 5.69 Å². The standard InChI is InChI=1S/C12H12N4O/c1-17-11-4-9(16-7-13-14-15-16)2-3-10(11)12-5-8(12)6-12/h2-4,7-8H,5-6H2,1H3. The maximum Gasteiger partial charge on any atom is 0.143 e. The van der Waals surface area contributed by atoms with Crippen LogP contribution in [-0.2, 0) is 5.41 Å². The highest BCUT2D eigenvalue weighted by molar-refractivity contribution is 5.55. The molecular weight excluding hydrogens is 216 g/mol. The molecule has 1 aromatic heterocycles. The molecule has 2 aromatic rings. The number of methoxy groups -OCH3 is 1. The predicted octanol–water partition coefficient (Wildman–Crippen LogP) is 1.33. The molecular formula is C12H12N4O. The van der Waals surface area contributed by atoms with E-state index < -0.39 is 0 Å². The van der Waals surface area contributed by atoms with Crippen molar-refractivity contribution in [2.24, 2.45) is 5.92 Å². The number of benzene rings is 1. The van der Waals surface area contributed by atoms with Gasteiger partial charge in [0.25, 0.3) is 0 Å². The van der Waals surface area contributed by atoms with Gasteiger partial charge in [-0.25, -0.2) is 4.68 Å². The molecule has 0 spiro atoms.